The fourth-order valence-corrected chi connectivity index (χ4v) is 5.06. The van der Waals surface area contributed by atoms with E-state index in [-0.39, 0.29) is 24.3 Å². The molecule has 3 aliphatic rings. The third-order valence-corrected chi connectivity index (χ3v) is 6.46. The highest BCUT2D eigenvalue weighted by Gasteiger charge is 2.70. The Morgan fingerprint density at radius 2 is 2.03 bits per heavy atom. The summed E-state index contributed by atoms with van der Waals surface area (Å²) in [5.74, 6) is -2.72. The number of aliphatic hydroxyl groups excluding tert-OH is 1. The van der Waals surface area contributed by atoms with Crippen molar-refractivity contribution in [1.82, 2.24) is 10.2 Å². The fourth-order valence-electron chi connectivity index (χ4n) is 5.06. The number of ether oxygens (including phenoxy) is 1. The number of aliphatic hydroxyl groups is 1. The number of imide groups is 1. The number of hydrogen-bond acceptors (Lipinski definition) is 6. The lowest BCUT2D eigenvalue weighted by Gasteiger charge is -2.30. The lowest BCUT2D eigenvalue weighted by Crippen LogP contribution is -2.54. The van der Waals surface area contributed by atoms with Crippen molar-refractivity contribution < 1.29 is 24.2 Å². The second-order valence-electron chi connectivity index (χ2n) is 8.08. The number of rotatable bonds is 6. The minimum absolute atomic E-state index is 0.241. The highest BCUT2D eigenvalue weighted by molar-refractivity contribution is 6.15. The predicted octanol–water partition coefficient (Wildman–Crippen LogP) is 0.387. The monoisotopic (exact) mass is 401 g/mol. The Morgan fingerprint density at radius 1 is 1.28 bits per heavy atom. The molecule has 8 nitrogen and oxygen atoms in total. The maximum Gasteiger partial charge on any atom is 0.250 e. The van der Waals surface area contributed by atoms with Crippen LogP contribution >= 0.6 is 0 Å². The van der Waals surface area contributed by atoms with Crippen molar-refractivity contribution in [3.8, 4) is 0 Å². The number of amides is 3. The highest BCUT2D eigenvalue weighted by atomic mass is 16.5. The van der Waals surface area contributed by atoms with Gasteiger partial charge in [0.25, 0.3) is 0 Å². The highest BCUT2D eigenvalue weighted by Crippen LogP contribution is 2.53. The first-order valence-electron chi connectivity index (χ1n) is 10.1. The van der Waals surface area contributed by atoms with Gasteiger partial charge in [0.05, 0.1) is 17.9 Å². The first-order chi connectivity index (χ1) is 13.9. The van der Waals surface area contributed by atoms with Crippen LogP contribution < -0.4 is 10.6 Å². The number of carbonyl (C=O) groups excluding carboxylic acids is 3. The van der Waals surface area contributed by atoms with E-state index in [0.717, 1.165) is 12.0 Å². The average molecular weight is 401 g/mol. The molecule has 8 heteroatoms. The number of nitrogens with zero attached hydrogens (tertiary/aromatic N) is 1. The van der Waals surface area contributed by atoms with E-state index in [1.807, 2.05) is 25.1 Å². The number of nitrogens with one attached hydrogen (secondary N) is 2. The molecule has 0 radical (unpaired) electrons. The van der Waals surface area contributed by atoms with E-state index in [9.17, 15) is 19.5 Å². The molecule has 29 heavy (non-hydrogen) atoms. The SMILES string of the molecule is CCc1ccc2c(c1)C1(NC(C(C)O)C3C(=O)N(CCCOC)C(=O)C31)C(=O)N2. The van der Waals surface area contributed by atoms with Crippen LogP contribution in [0.3, 0.4) is 0 Å². The summed E-state index contributed by atoms with van der Waals surface area (Å²) in [6.07, 6.45) is 0.404. The number of benzene rings is 1. The molecule has 1 spiro atoms. The Bertz CT molecular complexity index is 870. The average Bonchev–Trinajstić information content (AvgIpc) is 3.28. The van der Waals surface area contributed by atoms with Crippen molar-refractivity contribution in [1.29, 1.82) is 0 Å². The van der Waals surface area contributed by atoms with Crippen LogP contribution in [-0.2, 0) is 31.1 Å². The third kappa shape index (κ3) is 2.73. The van der Waals surface area contributed by atoms with Gasteiger partial charge in [-0.05, 0) is 31.4 Å². The molecular weight excluding hydrogens is 374 g/mol. The maximum atomic E-state index is 13.4. The van der Waals surface area contributed by atoms with Crippen LogP contribution in [0.25, 0.3) is 0 Å². The zero-order chi connectivity index (χ0) is 20.9. The van der Waals surface area contributed by atoms with Gasteiger partial charge in [-0.15, -0.1) is 0 Å². The largest absolute Gasteiger partial charge is 0.392 e. The summed E-state index contributed by atoms with van der Waals surface area (Å²) in [5, 5.41) is 16.5. The molecule has 0 aliphatic carbocycles. The molecule has 2 saturated heterocycles. The van der Waals surface area contributed by atoms with E-state index in [1.54, 1.807) is 14.0 Å². The quantitative estimate of drug-likeness (QED) is 0.470. The molecule has 156 valence electrons. The molecule has 5 unspecified atom stereocenters. The van der Waals surface area contributed by atoms with Crippen molar-refractivity contribution in [2.45, 2.75) is 44.4 Å². The van der Waals surface area contributed by atoms with Crippen LogP contribution in [0.1, 0.15) is 31.4 Å². The predicted molar refractivity (Wildman–Crippen MR) is 105 cm³/mol. The van der Waals surface area contributed by atoms with Gasteiger partial charge in [-0.25, -0.2) is 0 Å². The van der Waals surface area contributed by atoms with Gasteiger partial charge >= 0.3 is 0 Å². The van der Waals surface area contributed by atoms with E-state index in [0.29, 0.717) is 24.3 Å². The van der Waals surface area contributed by atoms with Crippen molar-refractivity contribution in [3.63, 3.8) is 0 Å². The number of carbonyl (C=O) groups is 3. The summed E-state index contributed by atoms with van der Waals surface area (Å²) >= 11 is 0. The Hall–Kier alpha value is -2.29. The molecule has 3 amide bonds. The van der Waals surface area contributed by atoms with Gasteiger partial charge in [0.2, 0.25) is 17.7 Å². The smallest absolute Gasteiger partial charge is 0.250 e. The minimum Gasteiger partial charge on any atom is -0.392 e. The normalized spacial score (nSPS) is 31.4. The first-order valence-corrected chi connectivity index (χ1v) is 10.1. The van der Waals surface area contributed by atoms with Crippen LogP contribution in [0.5, 0.6) is 0 Å². The number of hydrogen-bond donors (Lipinski definition) is 3. The summed E-state index contributed by atoms with van der Waals surface area (Å²) in [4.78, 5) is 41.0. The van der Waals surface area contributed by atoms with Crippen molar-refractivity contribution >= 4 is 23.4 Å². The Kier molecular flexibility index (Phi) is 4.96. The van der Waals surface area contributed by atoms with Crippen LogP contribution in [-0.4, -0.2) is 60.1 Å². The molecule has 1 aromatic rings. The second-order valence-corrected chi connectivity index (χ2v) is 8.08. The number of aryl methyl sites for hydroxylation is 1. The summed E-state index contributed by atoms with van der Waals surface area (Å²) in [7, 11) is 1.57. The van der Waals surface area contributed by atoms with E-state index >= 15 is 0 Å². The fraction of sp³-hybridized carbons (Fsp3) is 0.571. The maximum absolute atomic E-state index is 13.4. The van der Waals surface area contributed by atoms with E-state index in [2.05, 4.69) is 10.6 Å². The van der Waals surface area contributed by atoms with Crippen LogP contribution in [0.4, 0.5) is 5.69 Å². The summed E-state index contributed by atoms with van der Waals surface area (Å²) in [6.45, 7) is 4.27. The van der Waals surface area contributed by atoms with Gasteiger partial charge in [0.15, 0.2) is 0 Å². The molecule has 3 N–H and O–H groups in total. The Labute approximate surface area is 169 Å². The molecule has 4 rings (SSSR count). The van der Waals surface area contributed by atoms with Crippen molar-refractivity contribution in [2.24, 2.45) is 11.8 Å². The minimum atomic E-state index is -1.35. The number of methoxy groups -OCH3 is 1. The van der Waals surface area contributed by atoms with Gasteiger partial charge in [-0.3, -0.25) is 24.6 Å². The first kappa shape index (κ1) is 20.0. The van der Waals surface area contributed by atoms with Crippen LogP contribution in [0, 0.1) is 11.8 Å². The van der Waals surface area contributed by atoms with Gasteiger partial charge in [-0.1, -0.05) is 19.1 Å². The third-order valence-electron chi connectivity index (χ3n) is 6.46. The lowest BCUT2D eigenvalue weighted by molar-refractivity contribution is -0.143. The van der Waals surface area contributed by atoms with Crippen molar-refractivity contribution in [3.05, 3.63) is 29.3 Å². The van der Waals surface area contributed by atoms with Gasteiger partial charge < -0.3 is 15.2 Å². The molecule has 0 bridgehead atoms. The zero-order valence-electron chi connectivity index (χ0n) is 16.9. The van der Waals surface area contributed by atoms with E-state index in [4.69, 9.17) is 4.74 Å². The summed E-state index contributed by atoms with van der Waals surface area (Å²) in [5.41, 5.74) is 1.00. The summed E-state index contributed by atoms with van der Waals surface area (Å²) < 4.78 is 5.04. The standard InChI is InChI=1S/C21H27N3O5/c1-4-12-6-7-14-13(10-12)21(20(28)22-14)16-15(17(23-21)11(2)25)18(26)24(19(16)27)8-5-9-29-3/h6-7,10-11,15-17,23,25H,4-5,8-9H2,1-3H3,(H,22,28). The Balaban J connectivity index is 1.81. The molecule has 0 aromatic heterocycles. The van der Waals surface area contributed by atoms with Crippen LogP contribution in [0.15, 0.2) is 18.2 Å². The topological polar surface area (TPSA) is 108 Å². The molecule has 1 aromatic carbocycles. The summed E-state index contributed by atoms with van der Waals surface area (Å²) in [6, 6.07) is 5.01. The van der Waals surface area contributed by atoms with Gasteiger partial charge in [-0.2, -0.15) is 0 Å². The Morgan fingerprint density at radius 3 is 2.69 bits per heavy atom. The van der Waals surface area contributed by atoms with Crippen molar-refractivity contribution in [2.75, 3.05) is 25.6 Å². The van der Waals surface area contributed by atoms with Gasteiger partial charge in [0.1, 0.15) is 5.54 Å². The number of anilines is 1. The molecule has 2 fully saturated rings. The molecule has 3 aliphatic heterocycles. The van der Waals surface area contributed by atoms with Crippen LogP contribution in [0.2, 0.25) is 0 Å². The number of fused-ring (bicyclic) bond motifs is 4. The molecule has 0 saturated carbocycles. The van der Waals surface area contributed by atoms with E-state index in [1.165, 1.54) is 4.90 Å². The van der Waals surface area contributed by atoms with E-state index < -0.39 is 29.5 Å². The molecule has 5 atom stereocenters. The second kappa shape index (κ2) is 7.19. The zero-order valence-corrected chi connectivity index (χ0v) is 16.9. The lowest BCUT2D eigenvalue weighted by atomic mass is 9.76. The van der Waals surface area contributed by atoms with Gasteiger partial charge in [0, 0.05) is 37.6 Å². The molecular formula is C21H27N3O5. The number of likely N-dealkylation sites (tertiary alicyclic amines) is 1. The molecule has 3 heterocycles.